The summed E-state index contributed by atoms with van der Waals surface area (Å²) in [6, 6.07) is 14.0. The Labute approximate surface area is 414 Å². The Morgan fingerprint density at radius 2 is 1.15 bits per heavy atom. The highest BCUT2D eigenvalue weighted by molar-refractivity contribution is 7.17. The SMILES string of the molecule is Cc1sc2c(c1C)C(c1ccc(Cl)cc1)=N[C@@H](CC(=O)CCCNC(=O)c1sc3c(c1C)C(c1ccc(Cl)cc1)=N[C@@H](CC(=O)CCCCN1CCN(C)CC1)c1nnc(C)n1-3)c1nnc(C)n1-2. The molecule has 14 nitrogen and oxygen atoms in total. The molecule has 0 aliphatic carbocycles. The van der Waals surface area contributed by atoms with Crippen LogP contribution in [0.2, 0.25) is 10.0 Å². The Morgan fingerprint density at radius 1 is 0.647 bits per heavy atom. The zero-order chi connectivity index (χ0) is 47.8. The first-order chi connectivity index (χ1) is 32.7. The summed E-state index contributed by atoms with van der Waals surface area (Å²) < 4.78 is 4.00. The third-order valence-electron chi connectivity index (χ3n) is 13.2. The van der Waals surface area contributed by atoms with Crippen LogP contribution in [0.3, 0.4) is 0 Å². The van der Waals surface area contributed by atoms with Gasteiger partial charge >= 0.3 is 0 Å². The molecule has 7 heterocycles. The summed E-state index contributed by atoms with van der Waals surface area (Å²) in [6.07, 6.45) is 3.25. The molecule has 9 rings (SSSR count). The van der Waals surface area contributed by atoms with Gasteiger partial charge in [-0.3, -0.25) is 33.5 Å². The number of unbranched alkanes of at least 4 members (excludes halogenated alkanes) is 1. The molecule has 3 aliphatic heterocycles. The van der Waals surface area contributed by atoms with E-state index in [9.17, 15) is 14.4 Å². The van der Waals surface area contributed by atoms with Crippen molar-refractivity contribution in [3.05, 3.63) is 125 Å². The van der Waals surface area contributed by atoms with Gasteiger partial charge in [-0.05, 0) is 103 Å². The number of amides is 1. The highest BCUT2D eigenvalue weighted by Gasteiger charge is 2.35. The molecule has 0 bridgehead atoms. The molecule has 0 radical (unpaired) electrons. The maximum atomic E-state index is 14.1. The number of hydrogen-bond acceptors (Lipinski definition) is 13. The van der Waals surface area contributed by atoms with E-state index in [2.05, 4.69) is 56.4 Å². The number of thiophene rings is 2. The number of rotatable bonds is 16. The maximum Gasteiger partial charge on any atom is 0.261 e. The molecule has 2 aromatic carbocycles. The summed E-state index contributed by atoms with van der Waals surface area (Å²) in [5.41, 5.74) is 6.85. The quantitative estimate of drug-likeness (QED) is 0.0935. The Bertz CT molecular complexity index is 2940. The molecule has 68 heavy (non-hydrogen) atoms. The zero-order valence-corrected chi connectivity index (χ0v) is 42.4. The normalized spacial score (nSPS) is 17.1. The van der Waals surface area contributed by atoms with Gasteiger partial charge in [0.2, 0.25) is 0 Å². The molecule has 1 amide bonds. The second kappa shape index (κ2) is 20.4. The highest BCUT2D eigenvalue weighted by atomic mass is 35.5. The second-order valence-electron chi connectivity index (χ2n) is 18.0. The second-order valence-corrected chi connectivity index (χ2v) is 21.1. The first-order valence-electron chi connectivity index (χ1n) is 23.2. The van der Waals surface area contributed by atoms with Crippen LogP contribution in [0.15, 0.2) is 58.5 Å². The van der Waals surface area contributed by atoms with Crippen LogP contribution in [0, 0.1) is 34.6 Å². The molecule has 18 heteroatoms. The lowest BCUT2D eigenvalue weighted by molar-refractivity contribution is -0.120. The van der Waals surface area contributed by atoms with Crippen LogP contribution in [0.4, 0.5) is 0 Å². The number of likely N-dealkylation sites (N-methyl/N-ethyl adjacent to an activating group) is 1. The van der Waals surface area contributed by atoms with Gasteiger partial charge in [0.1, 0.15) is 45.3 Å². The number of ketones is 2. The molecule has 0 spiro atoms. The zero-order valence-electron chi connectivity index (χ0n) is 39.2. The molecule has 1 N–H and O–H groups in total. The molecular formula is C50H55Cl2N11O3S2. The number of fused-ring (bicyclic) bond motifs is 6. The van der Waals surface area contributed by atoms with Gasteiger partial charge in [-0.25, -0.2) is 0 Å². The number of aryl methyl sites for hydroxylation is 3. The number of carbonyl (C=O) groups excluding carboxylic acids is 3. The average molecular weight is 993 g/mol. The van der Waals surface area contributed by atoms with Crippen LogP contribution < -0.4 is 5.32 Å². The van der Waals surface area contributed by atoms with Gasteiger partial charge in [0.05, 0.1) is 16.3 Å². The van der Waals surface area contributed by atoms with Crippen molar-refractivity contribution < 1.29 is 14.4 Å². The fourth-order valence-electron chi connectivity index (χ4n) is 9.30. The van der Waals surface area contributed by atoms with Crippen LogP contribution in [-0.2, 0) is 9.59 Å². The van der Waals surface area contributed by atoms with Gasteiger partial charge in [-0.2, -0.15) is 0 Å². The minimum Gasteiger partial charge on any atom is -0.351 e. The summed E-state index contributed by atoms with van der Waals surface area (Å²) in [5, 5.41) is 24.1. The Kier molecular flexibility index (Phi) is 14.3. The maximum absolute atomic E-state index is 14.1. The fraction of sp³-hybridized carbons (Fsp3) is 0.420. The summed E-state index contributed by atoms with van der Waals surface area (Å²) in [4.78, 5) is 58.7. The van der Waals surface area contributed by atoms with Crippen molar-refractivity contribution in [1.82, 2.24) is 44.6 Å². The predicted molar refractivity (Wildman–Crippen MR) is 270 cm³/mol. The van der Waals surface area contributed by atoms with Crippen molar-refractivity contribution in [2.75, 3.05) is 46.3 Å². The molecule has 3 aliphatic rings. The minimum absolute atomic E-state index is 0.00551. The van der Waals surface area contributed by atoms with Crippen molar-refractivity contribution >= 4 is 74.8 Å². The van der Waals surface area contributed by atoms with Crippen LogP contribution in [0.5, 0.6) is 0 Å². The molecule has 4 aromatic heterocycles. The highest BCUT2D eigenvalue weighted by Crippen LogP contribution is 2.42. The summed E-state index contributed by atoms with van der Waals surface area (Å²) in [6.45, 7) is 15.5. The van der Waals surface area contributed by atoms with Crippen molar-refractivity contribution in [2.45, 2.75) is 91.6 Å². The third-order valence-corrected chi connectivity index (χ3v) is 16.2. The van der Waals surface area contributed by atoms with E-state index >= 15 is 0 Å². The summed E-state index contributed by atoms with van der Waals surface area (Å²) >= 11 is 15.7. The predicted octanol–water partition coefficient (Wildman–Crippen LogP) is 9.15. The minimum atomic E-state index is -0.574. The number of nitrogens with zero attached hydrogens (tertiary/aromatic N) is 10. The Balaban J connectivity index is 0.900. The Morgan fingerprint density at radius 3 is 1.69 bits per heavy atom. The van der Waals surface area contributed by atoms with Crippen LogP contribution in [0.1, 0.15) is 128 Å². The first-order valence-corrected chi connectivity index (χ1v) is 25.6. The first kappa shape index (κ1) is 47.8. The lowest BCUT2D eigenvalue weighted by atomic mass is 9.99. The van der Waals surface area contributed by atoms with Gasteiger partial charge in [0.25, 0.3) is 5.91 Å². The van der Waals surface area contributed by atoms with Crippen molar-refractivity contribution in [2.24, 2.45) is 9.98 Å². The molecule has 1 saturated heterocycles. The third kappa shape index (κ3) is 9.81. The van der Waals surface area contributed by atoms with Crippen molar-refractivity contribution in [1.29, 1.82) is 0 Å². The molecule has 0 saturated carbocycles. The van der Waals surface area contributed by atoms with Gasteiger partial charge in [-0.1, -0.05) is 47.5 Å². The lowest BCUT2D eigenvalue weighted by Crippen LogP contribution is -2.44. The molecule has 0 unspecified atom stereocenters. The van der Waals surface area contributed by atoms with Crippen LogP contribution in [-0.4, -0.2) is 115 Å². The summed E-state index contributed by atoms with van der Waals surface area (Å²) in [5.74, 6) is 2.44. The number of piperazine rings is 1. The number of aliphatic imine (C=N–C) groups is 2. The number of halogens is 2. The van der Waals surface area contributed by atoms with Gasteiger partial charge in [0, 0.05) is 95.6 Å². The van der Waals surface area contributed by atoms with Gasteiger partial charge in [0.15, 0.2) is 11.6 Å². The number of hydrogen-bond donors (Lipinski definition) is 1. The monoisotopic (exact) mass is 991 g/mol. The van der Waals surface area contributed by atoms with E-state index in [0.29, 0.717) is 50.9 Å². The van der Waals surface area contributed by atoms with Gasteiger partial charge < -0.3 is 15.1 Å². The fourth-order valence-corrected chi connectivity index (χ4v) is 12.1. The van der Waals surface area contributed by atoms with Crippen molar-refractivity contribution in [3.63, 3.8) is 0 Å². The molecule has 354 valence electrons. The van der Waals surface area contributed by atoms with E-state index in [1.807, 2.05) is 78.4 Å². The van der Waals surface area contributed by atoms with E-state index in [0.717, 1.165) is 100 Å². The van der Waals surface area contributed by atoms with E-state index < -0.39 is 12.1 Å². The summed E-state index contributed by atoms with van der Waals surface area (Å²) in [7, 11) is 2.16. The number of benzene rings is 2. The molecular weight excluding hydrogens is 938 g/mol. The van der Waals surface area contributed by atoms with Gasteiger partial charge in [-0.15, -0.1) is 43.1 Å². The lowest BCUT2D eigenvalue weighted by Gasteiger charge is -2.32. The van der Waals surface area contributed by atoms with E-state index in [1.165, 1.54) is 16.2 Å². The van der Waals surface area contributed by atoms with Crippen molar-refractivity contribution in [3.8, 4) is 10.0 Å². The topological polar surface area (TPSA) is 156 Å². The van der Waals surface area contributed by atoms with Crippen LogP contribution in [0.25, 0.3) is 10.0 Å². The largest absolute Gasteiger partial charge is 0.351 e. The Hall–Kier alpha value is -5.23. The number of Topliss-reactive ketones (excluding diaryl/α,β-unsaturated/α-hetero) is 2. The number of carbonyl (C=O) groups is 3. The molecule has 2 atom stereocenters. The number of nitrogens with one attached hydrogen (secondary N) is 1. The molecule has 1 fully saturated rings. The smallest absolute Gasteiger partial charge is 0.261 e. The van der Waals surface area contributed by atoms with Crippen LogP contribution >= 0.6 is 45.9 Å². The standard InChI is InChI=1S/C50H55Cl2N11O3S2/c1-28-30(3)67-49-41(28)43(33-12-16-35(51)17-13-33)54-40(46-58-56-31(4)62(46)49)27-38(65)11-9-20-53-48(66)45-29(2)42-44(34-14-18-36(52)19-15-34)55-39(47-59-57-32(5)63(47)50(42)68-45)26-37(64)10-7-8-21-61-24-22-60(6)23-25-61/h12-19,39-40H,7-11,20-27H2,1-6H3,(H,53,66)/t39-,40-/m0/s1. The van der Waals surface area contributed by atoms with E-state index in [1.54, 1.807) is 11.3 Å². The van der Waals surface area contributed by atoms with E-state index in [4.69, 9.17) is 33.2 Å². The van der Waals surface area contributed by atoms with E-state index in [-0.39, 0.29) is 43.3 Å². The molecule has 6 aromatic rings. The average Bonchev–Trinajstić information content (AvgIpc) is 4.03. The number of aromatic nitrogens is 6.